The van der Waals surface area contributed by atoms with E-state index in [2.05, 4.69) is 32.7 Å². The molecule has 1 fully saturated rings. The van der Waals surface area contributed by atoms with E-state index in [9.17, 15) is 0 Å². The van der Waals surface area contributed by atoms with Crippen molar-refractivity contribution < 1.29 is 0 Å². The van der Waals surface area contributed by atoms with Crippen molar-refractivity contribution in [3.05, 3.63) is 12.7 Å². The van der Waals surface area contributed by atoms with E-state index in [0.29, 0.717) is 5.41 Å². The quantitative estimate of drug-likeness (QED) is 0.570. The van der Waals surface area contributed by atoms with Crippen molar-refractivity contribution in [3.63, 3.8) is 0 Å². The van der Waals surface area contributed by atoms with Crippen LogP contribution in [0, 0.1) is 11.3 Å². The minimum absolute atomic E-state index is 0.199. The van der Waals surface area contributed by atoms with Crippen molar-refractivity contribution in [1.29, 1.82) is 0 Å². The van der Waals surface area contributed by atoms with Gasteiger partial charge in [0, 0.05) is 12.1 Å². The molecule has 0 aliphatic heterocycles. The predicted octanol–water partition coefficient (Wildman–Crippen LogP) is 3.09. The Bertz CT molecular complexity index is 232. The second kappa shape index (κ2) is 6.01. The molecule has 0 atom stereocenters. The second-order valence-electron chi connectivity index (χ2n) is 6.63. The second-order valence-corrected chi connectivity index (χ2v) is 6.63. The van der Waals surface area contributed by atoms with Gasteiger partial charge in [-0.1, -0.05) is 26.8 Å². The molecule has 0 aromatic carbocycles. The monoisotopic (exact) mass is 238 g/mol. The van der Waals surface area contributed by atoms with Crippen LogP contribution in [0.25, 0.3) is 0 Å². The lowest BCUT2D eigenvalue weighted by atomic mass is 9.67. The number of nitrogens with two attached hydrogens (primary N) is 1. The standard InChI is InChI=1S/C15H30N2/c1-5-6-11-17-15(12-16)9-7-13(8-10-15)14(2,3)4/h5,13,17H,1,6-12,16H2,2-4H3. The normalized spacial score (nSPS) is 30.2. The molecular weight excluding hydrogens is 208 g/mol. The van der Waals surface area contributed by atoms with Gasteiger partial charge in [-0.2, -0.15) is 0 Å². The zero-order valence-electron chi connectivity index (χ0n) is 11.9. The van der Waals surface area contributed by atoms with Crippen molar-refractivity contribution in [2.45, 2.75) is 58.4 Å². The highest BCUT2D eigenvalue weighted by atomic mass is 15.0. The van der Waals surface area contributed by atoms with Crippen LogP contribution in [-0.4, -0.2) is 18.6 Å². The average molecular weight is 238 g/mol. The molecule has 0 heterocycles. The summed E-state index contributed by atoms with van der Waals surface area (Å²) in [6, 6.07) is 0. The zero-order valence-corrected chi connectivity index (χ0v) is 11.9. The van der Waals surface area contributed by atoms with Gasteiger partial charge in [-0.15, -0.1) is 6.58 Å². The molecule has 0 radical (unpaired) electrons. The first-order valence-electron chi connectivity index (χ1n) is 6.99. The summed E-state index contributed by atoms with van der Waals surface area (Å²) < 4.78 is 0. The molecule has 0 saturated heterocycles. The summed E-state index contributed by atoms with van der Waals surface area (Å²) in [6.45, 7) is 12.6. The zero-order chi connectivity index (χ0) is 12.9. The lowest BCUT2D eigenvalue weighted by molar-refractivity contribution is 0.118. The molecule has 0 bridgehead atoms. The van der Waals surface area contributed by atoms with E-state index in [1.807, 2.05) is 6.08 Å². The first-order valence-corrected chi connectivity index (χ1v) is 6.99. The summed E-state index contributed by atoms with van der Waals surface area (Å²) in [7, 11) is 0. The SMILES string of the molecule is C=CCCNC1(CN)CCC(C(C)(C)C)CC1. The van der Waals surface area contributed by atoms with Crippen LogP contribution in [0.4, 0.5) is 0 Å². The Balaban J connectivity index is 2.48. The molecule has 0 unspecified atom stereocenters. The molecule has 0 aromatic heterocycles. The summed E-state index contributed by atoms with van der Waals surface area (Å²) in [5.74, 6) is 0.850. The largest absolute Gasteiger partial charge is 0.329 e. The fourth-order valence-corrected chi connectivity index (χ4v) is 2.93. The van der Waals surface area contributed by atoms with Gasteiger partial charge in [0.25, 0.3) is 0 Å². The minimum Gasteiger partial charge on any atom is -0.329 e. The van der Waals surface area contributed by atoms with Crippen molar-refractivity contribution in [2.75, 3.05) is 13.1 Å². The highest BCUT2D eigenvalue weighted by Gasteiger charge is 2.37. The Hall–Kier alpha value is -0.340. The van der Waals surface area contributed by atoms with Gasteiger partial charge in [-0.25, -0.2) is 0 Å². The molecule has 3 N–H and O–H groups in total. The summed E-state index contributed by atoms with van der Waals surface area (Å²) in [5.41, 5.74) is 6.63. The van der Waals surface area contributed by atoms with Gasteiger partial charge in [0.05, 0.1) is 0 Å². The minimum atomic E-state index is 0.199. The lowest BCUT2D eigenvalue weighted by Crippen LogP contribution is -2.54. The molecule has 0 spiro atoms. The van der Waals surface area contributed by atoms with Gasteiger partial charge in [0.2, 0.25) is 0 Å². The molecule has 1 aliphatic carbocycles. The van der Waals surface area contributed by atoms with E-state index in [-0.39, 0.29) is 5.54 Å². The highest BCUT2D eigenvalue weighted by Crippen LogP contribution is 2.41. The molecule has 1 aliphatic rings. The average Bonchev–Trinajstić information content (AvgIpc) is 2.29. The van der Waals surface area contributed by atoms with Crippen LogP contribution in [0.15, 0.2) is 12.7 Å². The predicted molar refractivity (Wildman–Crippen MR) is 76.0 cm³/mol. The molecule has 1 rings (SSSR count). The molecule has 100 valence electrons. The highest BCUT2D eigenvalue weighted by molar-refractivity contribution is 4.96. The smallest absolute Gasteiger partial charge is 0.0304 e. The first kappa shape index (κ1) is 14.7. The summed E-state index contributed by atoms with van der Waals surface area (Å²) in [4.78, 5) is 0. The molecule has 0 aromatic rings. The molecule has 2 nitrogen and oxygen atoms in total. The van der Waals surface area contributed by atoms with Crippen molar-refractivity contribution in [2.24, 2.45) is 17.1 Å². The maximum atomic E-state index is 5.99. The van der Waals surface area contributed by atoms with Crippen LogP contribution in [0.5, 0.6) is 0 Å². The van der Waals surface area contributed by atoms with E-state index in [4.69, 9.17) is 5.73 Å². The first-order chi connectivity index (χ1) is 7.93. The lowest BCUT2D eigenvalue weighted by Gasteiger charge is -2.44. The molecule has 2 heteroatoms. The Labute approximate surface area is 107 Å². The van der Waals surface area contributed by atoms with Gasteiger partial charge >= 0.3 is 0 Å². The third-order valence-corrected chi connectivity index (χ3v) is 4.41. The van der Waals surface area contributed by atoms with Crippen LogP contribution in [0.2, 0.25) is 0 Å². The maximum absolute atomic E-state index is 5.99. The number of hydrogen-bond acceptors (Lipinski definition) is 2. The van der Waals surface area contributed by atoms with Gasteiger partial charge in [-0.05, 0) is 50.0 Å². The Morgan fingerprint density at radius 3 is 2.35 bits per heavy atom. The Kier molecular flexibility index (Phi) is 5.21. The summed E-state index contributed by atoms with van der Waals surface area (Å²) in [6.07, 6.45) is 8.07. The van der Waals surface area contributed by atoms with E-state index < -0.39 is 0 Å². The number of hydrogen-bond donors (Lipinski definition) is 2. The Morgan fingerprint density at radius 1 is 1.35 bits per heavy atom. The van der Waals surface area contributed by atoms with E-state index in [1.165, 1.54) is 25.7 Å². The van der Waals surface area contributed by atoms with Gasteiger partial charge in [-0.3, -0.25) is 0 Å². The van der Waals surface area contributed by atoms with Gasteiger partial charge in [0.15, 0.2) is 0 Å². The van der Waals surface area contributed by atoms with Crippen LogP contribution in [0.1, 0.15) is 52.9 Å². The number of nitrogens with one attached hydrogen (secondary N) is 1. The fourth-order valence-electron chi connectivity index (χ4n) is 2.93. The third kappa shape index (κ3) is 4.11. The molecular formula is C15H30N2. The summed E-state index contributed by atoms with van der Waals surface area (Å²) >= 11 is 0. The van der Waals surface area contributed by atoms with Crippen LogP contribution >= 0.6 is 0 Å². The Morgan fingerprint density at radius 2 is 1.94 bits per heavy atom. The molecule has 1 saturated carbocycles. The third-order valence-electron chi connectivity index (χ3n) is 4.41. The van der Waals surface area contributed by atoms with Gasteiger partial charge < -0.3 is 11.1 Å². The molecule has 0 amide bonds. The maximum Gasteiger partial charge on any atom is 0.0304 e. The van der Waals surface area contributed by atoms with Crippen LogP contribution in [-0.2, 0) is 0 Å². The molecule has 17 heavy (non-hydrogen) atoms. The summed E-state index contributed by atoms with van der Waals surface area (Å²) in [5, 5.41) is 3.66. The fraction of sp³-hybridized carbons (Fsp3) is 0.867. The van der Waals surface area contributed by atoms with Crippen molar-refractivity contribution in [1.82, 2.24) is 5.32 Å². The van der Waals surface area contributed by atoms with E-state index in [0.717, 1.165) is 25.4 Å². The van der Waals surface area contributed by atoms with Gasteiger partial charge in [0.1, 0.15) is 0 Å². The topological polar surface area (TPSA) is 38.0 Å². The van der Waals surface area contributed by atoms with E-state index in [1.54, 1.807) is 0 Å². The van der Waals surface area contributed by atoms with E-state index >= 15 is 0 Å². The van der Waals surface area contributed by atoms with Crippen molar-refractivity contribution in [3.8, 4) is 0 Å². The van der Waals surface area contributed by atoms with Crippen LogP contribution < -0.4 is 11.1 Å². The van der Waals surface area contributed by atoms with Crippen LogP contribution in [0.3, 0.4) is 0 Å². The van der Waals surface area contributed by atoms with Crippen molar-refractivity contribution >= 4 is 0 Å². The number of rotatable bonds is 5.